The van der Waals surface area contributed by atoms with Crippen molar-refractivity contribution in [2.24, 2.45) is 5.92 Å². The first-order valence-electron chi connectivity index (χ1n) is 7.99. The van der Waals surface area contributed by atoms with E-state index in [0.29, 0.717) is 17.2 Å². The number of amides is 1. The van der Waals surface area contributed by atoms with E-state index in [1.54, 1.807) is 19.1 Å². The molecule has 1 amide bonds. The van der Waals surface area contributed by atoms with Gasteiger partial charge in [0.25, 0.3) is 0 Å². The van der Waals surface area contributed by atoms with Crippen molar-refractivity contribution in [3.63, 3.8) is 0 Å². The molecule has 1 aliphatic rings. The summed E-state index contributed by atoms with van der Waals surface area (Å²) in [6, 6.07) is 7.32. The second kappa shape index (κ2) is 7.27. The molecule has 1 saturated heterocycles. The summed E-state index contributed by atoms with van der Waals surface area (Å²) in [5, 5.41) is 0. The van der Waals surface area contributed by atoms with Crippen molar-refractivity contribution in [3.8, 4) is 0 Å². The van der Waals surface area contributed by atoms with Crippen molar-refractivity contribution >= 4 is 15.7 Å². The SMILES string of the molecule is CCCS(=O)(=O)c1ccc(CC2CCN(C(C)=O)CC2)cc1. The normalized spacial score (nSPS) is 16.7. The molecule has 1 aliphatic heterocycles. The van der Waals surface area contributed by atoms with Crippen LogP contribution in [0.1, 0.15) is 38.7 Å². The lowest BCUT2D eigenvalue weighted by Gasteiger charge is -2.31. The van der Waals surface area contributed by atoms with E-state index in [1.165, 1.54) is 5.56 Å². The molecule has 1 heterocycles. The van der Waals surface area contributed by atoms with Crippen LogP contribution in [-0.4, -0.2) is 38.1 Å². The molecule has 5 heteroatoms. The van der Waals surface area contributed by atoms with Crippen LogP contribution in [0.15, 0.2) is 29.2 Å². The lowest BCUT2D eigenvalue weighted by Crippen LogP contribution is -2.37. The van der Waals surface area contributed by atoms with E-state index in [4.69, 9.17) is 0 Å². The Kier molecular flexibility index (Phi) is 5.62. The molecule has 0 aliphatic carbocycles. The molecular weight excluding hydrogens is 298 g/mol. The quantitative estimate of drug-likeness (QED) is 0.837. The van der Waals surface area contributed by atoms with Crippen molar-refractivity contribution in [2.75, 3.05) is 18.8 Å². The van der Waals surface area contributed by atoms with Crippen LogP contribution in [0.3, 0.4) is 0 Å². The van der Waals surface area contributed by atoms with Gasteiger partial charge in [-0.3, -0.25) is 4.79 Å². The zero-order valence-corrected chi connectivity index (χ0v) is 14.2. The molecule has 1 aromatic carbocycles. The van der Waals surface area contributed by atoms with Crippen LogP contribution in [0.2, 0.25) is 0 Å². The average molecular weight is 323 g/mol. The third-order valence-electron chi connectivity index (χ3n) is 4.34. The van der Waals surface area contributed by atoms with Crippen molar-refractivity contribution in [2.45, 2.75) is 44.4 Å². The molecule has 4 nitrogen and oxygen atoms in total. The maximum Gasteiger partial charge on any atom is 0.219 e. The van der Waals surface area contributed by atoms with Crippen molar-refractivity contribution in [3.05, 3.63) is 29.8 Å². The van der Waals surface area contributed by atoms with Gasteiger partial charge in [-0.25, -0.2) is 8.42 Å². The van der Waals surface area contributed by atoms with Crippen LogP contribution in [0.25, 0.3) is 0 Å². The van der Waals surface area contributed by atoms with E-state index >= 15 is 0 Å². The third kappa shape index (κ3) is 4.32. The molecule has 1 fully saturated rings. The fraction of sp³-hybridized carbons (Fsp3) is 0.588. The Morgan fingerprint density at radius 1 is 1.18 bits per heavy atom. The molecule has 0 N–H and O–H groups in total. The molecule has 0 atom stereocenters. The van der Waals surface area contributed by atoms with E-state index in [0.717, 1.165) is 32.4 Å². The number of hydrogen-bond acceptors (Lipinski definition) is 3. The second-order valence-corrected chi connectivity index (χ2v) is 8.23. The maximum atomic E-state index is 12.0. The van der Waals surface area contributed by atoms with Crippen molar-refractivity contribution < 1.29 is 13.2 Å². The van der Waals surface area contributed by atoms with Crippen molar-refractivity contribution in [1.29, 1.82) is 0 Å². The fourth-order valence-corrected chi connectivity index (χ4v) is 4.33. The van der Waals surface area contributed by atoms with Gasteiger partial charge in [0.15, 0.2) is 9.84 Å². The molecule has 0 saturated carbocycles. The predicted molar refractivity (Wildman–Crippen MR) is 87.5 cm³/mol. The van der Waals surface area contributed by atoms with E-state index in [1.807, 2.05) is 24.0 Å². The molecule has 122 valence electrons. The molecule has 22 heavy (non-hydrogen) atoms. The first-order valence-corrected chi connectivity index (χ1v) is 9.65. The van der Waals surface area contributed by atoms with Crippen LogP contribution in [-0.2, 0) is 21.1 Å². The Labute approximate surface area is 133 Å². The Morgan fingerprint density at radius 2 is 1.77 bits per heavy atom. The standard InChI is InChI=1S/C17H25NO3S/c1-3-12-22(20,21)17-6-4-15(5-7-17)13-16-8-10-18(11-9-16)14(2)19/h4-7,16H,3,8-13H2,1-2H3. The molecule has 0 unspecified atom stereocenters. The van der Waals surface area contributed by atoms with Crippen LogP contribution >= 0.6 is 0 Å². The molecule has 0 spiro atoms. The first-order chi connectivity index (χ1) is 10.4. The molecule has 2 rings (SSSR count). The van der Waals surface area contributed by atoms with E-state index in [9.17, 15) is 13.2 Å². The fourth-order valence-electron chi connectivity index (χ4n) is 3.00. The average Bonchev–Trinajstić information content (AvgIpc) is 2.48. The van der Waals surface area contributed by atoms with Gasteiger partial charge < -0.3 is 4.90 Å². The van der Waals surface area contributed by atoms with Gasteiger partial charge in [0.2, 0.25) is 5.91 Å². The molecule has 0 radical (unpaired) electrons. The summed E-state index contributed by atoms with van der Waals surface area (Å²) in [6.07, 6.45) is 3.64. The van der Waals surface area contributed by atoms with Gasteiger partial charge in [-0.15, -0.1) is 0 Å². The molecular formula is C17H25NO3S. The smallest absolute Gasteiger partial charge is 0.219 e. The van der Waals surface area contributed by atoms with Crippen LogP contribution < -0.4 is 0 Å². The minimum atomic E-state index is -3.12. The summed E-state index contributed by atoms with van der Waals surface area (Å²) in [7, 11) is -3.12. The van der Waals surface area contributed by atoms with Gasteiger partial charge in [-0.05, 0) is 49.3 Å². The summed E-state index contributed by atoms with van der Waals surface area (Å²) < 4.78 is 24.0. The zero-order valence-electron chi connectivity index (χ0n) is 13.4. The Balaban J connectivity index is 1.94. The second-order valence-electron chi connectivity index (χ2n) is 6.12. The van der Waals surface area contributed by atoms with Gasteiger partial charge in [-0.2, -0.15) is 0 Å². The highest BCUT2D eigenvalue weighted by molar-refractivity contribution is 7.91. The number of carbonyl (C=O) groups excluding carboxylic acids is 1. The number of sulfone groups is 1. The van der Waals surface area contributed by atoms with E-state index in [-0.39, 0.29) is 11.7 Å². The summed E-state index contributed by atoms with van der Waals surface area (Å²) in [4.78, 5) is 13.6. The Hall–Kier alpha value is -1.36. The first kappa shape index (κ1) is 17.0. The van der Waals surface area contributed by atoms with Gasteiger partial charge in [0, 0.05) is 20.0 Å². The molecule has 0 bridgehead atoms. The minimum Gasteiger partial charge on any atom is -0.343 e. The maximum absolute atomic E-state index is 12.0. The highest BCUT2D eigenvalue weighted by atomic mass is 32.2. The number of carbonyl (C=O) groups is 1. The number of rotatable bonds is 5. The highest BCUT2D eigenvalue weighted by Crippen LogP contribution is 2.23. The summed E-state index contributed by atoms with van der Waals surface area (Å²) in [6.45, 7) is 5.17. The molecule has 0 aromatic heterocycles. The zero-order chi connectivity index (χ0) is 16.2. The molecule has 1 aromatic rings. The number of piperidine rings is 1. The van der Waals surface area contributed by atoms with Crippen LogP contribution in [0, 0.1) is 5.92 Å². The van der Waals surface area contributed by atoms with Gasteiger partial charge in [-0.1, -0.05) is 19.1 Å². The highest BCUT2D eigenvalue weighted by Gasteiger charge is 2.21. The summed E-state index contributed by atoms with van der Waals surface area (Å²) in [5.74, 6) is 0.938. The number of likely N-dealkylation sites (tertiary alicyclic amines) is 1. The van der Waals surface area contributed by atoms with Crippen LogP contribution in [0.4, 0.5) is 0 Å². The van der Waals surface area contributed by atoms with Gasteiger partial charge in [0.05, 0.1) is 10.6 Å². The lowest BCUT2D eigenvalue weighted by molar-refractivity contribution is -0.130. The van der Waals surface area contributed by atoms with Crippen LogP contribution in [0.5, 0.6) is 0 Å². The monoisotopic (exact) mass is 323 g/mol. The topological polar surface area (TPSA) is 54.5 Å². The van der Waals surface area contributed by atoms with Gasteiger partial charge in [0.1, 0.15) is 0 Å². The largest absolute Gasteiger partial charge is 0.343 e. The minimum absolute atomic E-state index is 0.156. The lowest BCUT2D eigenvalue weighted by atomic mass is 9.90. The summed E-state index contributed by atoms with van der Waals surface area (Å²) >= 11 is 0. The summed E-state index contributed by atoms with van der Waals surface area (Å²) in [5.41, 5.74) is 1.18. The van der Waals surface area contributed by atoms with Gasteiger partial charge >= 0.3 is 0 Å². The van der Waals surface area contributed by atoms with E-state index in [2.05, 4.69) is 0 Å². The number of nitrogens with zero attached hydrogens (tertiary/aromatic N) is 1. The Morgan fingerprint density at radius 3 is 2.27 bits per heavy atom. The number of hydrogen-bond donors (Lipinski definition) is 0. The number of benzene rings is 1. The Bertz CT molecular complexity index is 599. The predicted octanol–water partition coefficient (Wildman–Crippen LogP) is 2.67. The van der Waals surface area contributed by atoms with E-state index < -0.39 is 9.84 Å². The van der Waals surface area contributed by atoms with Crippen molar-refractivity contribution in [1.82, 2.24) is 4.90 Å². The third-order valence-corrected chi connectivity index (χ3v) is 6.28.